The summed E-state index contributed by atoms with van der Waals surface area (Å²) in [5.74, 6) is -0.0605. The molecule has 2 nitrogen and oxygen atoms in total. The average Bonchev–Trinajstić information content (AvgIpc) is 3.40. The summed E-state index contributed by atoms with van der Waals surface area (Å²) in [5, 5.41) is 1.31. The van der Waals surface area contributed by atoms with Gasteiger partial charge in [0, 0.05) is 37.2 Å². The molecule has 6 heteroatoms. The molecule has 1 aromatic heterocycles. The lowest BCUT2D eigenvalue weighted by molar-refractivity contribution is 0.103. The van der Waals surface area contributed by atoms with Crippen LogP contribution in [0, 0.1) is 0 Å². The van der Waals surface area contributed by atoms with E-state index in [0.717, 1.165) is 11.1 Å². The molecular weight excluding hydrogens is 453 g/mol. The molecule has 2 heterocycles. The number of thioether (sulfide) groups is 2. The van der Waals surface area contributed by atoms with Crippen molar-refractivity contribution in [3.8, 4) is 0 Å². The minimum absolute atomic E-state index is 0.0605. The Morgan fingerprint density at radius 2 is 1.33 bits per heavy atom. The van der Waals surface area contributed by atoms with E-state index >= 15 is 0 Å². The number of carbonyl (C=O) groups excluding carboxylic acids is 1. The van der Waals surface area contributed by atoms with E-state index in [1.165, 1.54) is 9.79 Å². The number of hydrogen-bond donors (Lipinski definition) is 1. The van der Waals surface area contributed by atoms with Gasteiger partial charge in [-0.05, 0) is 60.2 Å². The number of halogens is 2. The lowest BCUT2D eigenvalue weighted by Crippen LogP contribution is -2.15. The largest absolute Gasteiger partial charge is 0.358 e. The van der Waals surface area contributed by atoms with Crippen LogP contribution < -0.4 is 0 Å². The second kappa shape index (κ2) is 7.86. The lowest BCUT2D eigenvalue weighted by atomic mass is 10.0. The van der Waals surface area contributed by atoms with Crippen molar-refractivity contribution in [2.24, 2.45) is 0 Å². The van der Waals surface area contributed by atoms with Gasteiger partial charge < -0.3 is 4.98 Å². The van der Waals surface area contributed by atoms with Crippen LogP contribution in [-0.4, -0.2) is 10.8 Å². The SMILES string of the molecule is O=C(c1ccc(Cl)cc1)c1cc(C2(c3ccc(Cl)cc3)Sc3ccccc3S2)c[nH]1. The molecule has 0 unspecified atom stereocenters. The molecule has 0 amide bonds. The van der Waals surface area contributed by atoms with E-state index in [9.17, 15) is 4.79 Å². The molecule has 0 radical (unpaired) electrons. The van der Waals surface area contributed by atoms with Gasteiger partial charge in [0.25, 0.3) is 0 Å². The maximum absolute atomic E-state index is 13.0. The molecule has 1 aliphatic rings. The Balaban J connectivity index is 1.57. The number of benzene rings is 3. The van der Waals surface area contributed by atoms with Crippen LogP contribution >= 0.6 is 46.7 Å². The van der Waals surface area contributed by atoms with Crippen LogP contribution in [0.25, 0.3) is 0 Å². The Hall–Kier alpha value is -2.11. The van der Waals surface area contributed by atoms with E-state index in [1.807, 2.05) is 24.4 Å². The second-order valence-corrected chi connectivity index (χ2v) is 10.6. The summed E-state index contributed by atoms with van der Waals surface area (Å²) in [6, 6.07) is 25.2. The number of nitrogens with one attached hydrogen (secondary N) is 1. The predicted octanol–water partition coefficient (Wildman–Crippen LogP) is 7.65. The van der Waals surface area contributed by atoms with Crippen molar-refractivity contribution in [3.05, 3.63) is 117 Å². The maximum atomic E-state index is 13.0. The molecule has 1 N–H and O–H groups in total. The number of H-pyrrole nitrogens is 1. The highest BCUT2D eigenvalue weighted by Crippen LogP contribution is 2.64. The van der Waals surface area contributed by atoms with Crippen molar-refractivity contribution in [2.45, 2.75) is 13.9 Å². The third-order valence-corrected chi connectivity index (χ3v) is 8.80. The molecule has 0 aliphatic carbocycles. The zero-order valence-electron chi connectivity index (χ0n) is 15.6. The van der Waals surface area contributed by atoms with Gasteiger partial charge in [0.1, 0.15) is 4.08 Å². The van der Waals surface area contributed by atoms with Gasteiger partial charge >= 0.3 is 0 Å². The van der Waals surface area contributed by atoms with Gasteiger partial charge in [-0.2, -0.15) is 0 Å². The molecule has 0 atom stereocenters. The summed E-state index contributed by atoms with van der Waals surface area (Å²) in [6.07, 6.45) is 1.93. The Morgan fingerprint density at radius 3 is 1.93 bits per heavy atom. The zero-order valence-corrected chi connectivity index (χ0v) is 18.7. The maximum Gasteiger partial charge on any atom is 0.209 e. The molecule has 30 heavy (non-hydrogen) atoms. The Kier molecular flexibility index (Phi) is 5.19. The van der Waals surface area contributed by atoms with Crippen LogP contribution in [0.2, 0.25) is 10.0 Å². The number of carbonyl (C=O) groups is 1. The third kappa shape index (κ3) is 3.48. The Labute approximate surface area is 193 Å². The number of ketones is 1. The summed E-state index contributed by atoms with van der Waals surface area (Å²) >= 11 is 15.7. The van der Waals surface area contributed by atoms with Gasteiger partial charge in [-0.15, -0.1) is 0 Å². The van der Waals surface area contributed by atoms with E-state index in [2.05, 4.69) is 41.4 Å². The standard InChI is InChI=1S/C24H15Cl2NOS2/c25-18-9-5-15(6-10-18)23(28)20-13-17(14-27-20)24(16-7-11-19(26)12-8-16)29-21-3-1-2-4-22(21)30-24/h1-14,27H. The lowest BCUT2D eigenvalue weighted by Gasteiger charge is -2.27. The first kappa shape index (κ1) is 19.8. The fourth-order valence-electron chi connectivity index (χ4n) is 3.49. The molecular formula is C24H15Cl2NOS2. The monoisotopic (exact) mass is 467 g/mol. The van der Waals surface area contributed by atoms with Crippen LogP contribution in [0.1, 0.15) is 27.2 Å². The second-order valence-electron chi connectivity index (χ2n) is 6.91. The minimum atomic E-state index is -0.400. The Morgan fingerprint density at radius 1 is 0.767 bits per heavy atom. The smallest absolute Gasteiger partial charge is 0.209 e. The fourth-order valence-corrected chi connectivity index (χ4v) is 6.93. The highest BCUT2D eigenvalue weighted by atomic mass is 35.5. The first-order valence-corrected chi connectivity index (χ1v) is 11.7. The van der Waals surface area contributed by atoms with Crippen molar-refractivity contribution in [1.29, 1.82) is 0 Å². The van der Waals surface area contributed by atoms with Gasteiger partial charge in [0.05, 0.1) is 5.69 Å². The summed E-state index contributed by atoms with van der Waals surface area (Å²) in [5.41, 5.74) is 3.32. The molecule has 4 aromatic rings. The molecule has 0 saturated heterocycles. The summed E-state index contributed by atoms with van der Waals surface area (Å²) < 4.78 is -0.400. The molecule has 148 valence electrons. The normalized spacial score (nSPS) is 14.5. The van der Waals surface area contributed by atoms with E-state index in [0.29, 0.717) is 21.3 Å². The van der Waals surface area contributed by atoms with E-state index < -0.39 is 4.08 Å². The number of rotatable bonds is 4. The van der Waals surface area contributed by atoms with Gasteiger partial charge in [0.2, 0.25) is 5.78 Å². The van der Waals surface area contributed by atoms with Crippen LogP contribution in [-0.2, 0) is 4.08 Å². The molecule has 0 saturated carbocycles. The first-order valence-electron chi connectivity index (χ1n) is 9.27. The van der Waals surface area contributed by atoms with Crippen LogP contribution in [0.15, 0.2) is 94.9 Å². The number of hydrogen-bond acceptors (Lipinski definition) is 3. The average molecular weight is 468 g/mol. The Bertz CT molecular complexity index is 1210. The van der Waals surface area contributed by atoms with Gasteiger partial charge in [-0.25, -0.2) is 0 Å². The van der Waals surface area contributed by atoms with Crippen molar-refractivity contribution >= 4 is 52.5 Å². The predicted molar refractivity (Wildman–Crippen MR) is 126 cm³/mol. The van der Waals surface area contributed by atoms with E-state index in [4.69, 9.17) is 23.2 Å². The van der Waals surface area contributed by atoms with Gasteiger partial charge in [0.15, 0.2) is 0 Å². The molecule has 3 aromatic carbocycles. The number of aromatic nitrogens is 1. The van der Waals surface area contributed by atoms with Crippen LogP contribution in [0.3, 0.4) is 0 Å². The summed E-state index contributed by atoms with van der Waals surface area (Å²) in [6.45, 7) is 0. The molecule has 1 aliphatic heterocycles. The van der Waals surface area contributed by atoms with Gasteiger partial charge in [-0.3, -0.25) is 4.79 Å². The van der Waals surface area contributed by atoms with Crippen LogP contribution in [0.4, 0.5) is 0 Å². The first-order chi connectivity index (χ1) is 14.5. The summed E-state index contributed by atoms with van der Waals surface area (Å²) in [7, 11) is 0. The third-order valence-electron chi connectivity index (χ3n) is 4.99. The molecule has 0 bridgehead atoms. The van der Waals surface area contributed by atoms with E-state index in [1.54, 1.807) is 47.8 Å². The van der Waals surface area contributed by atoms with Gasteiger partial charge in [-0.1, -0.05) is 71.0 Å². The number of fused-ring (bicyclic) bond motifs is 1. The highest BCUT2D eigenvalue weighted by molar-refractivity contribution is 8.20. The quantitative estimate of drug-likeness (QED) is 0.312. The van der Waals surface area contributed by atoms with Crippen molar-refractivity contribution in [3.63, 3.8) is 0 Å². The molecule has 5 rings (SSSR count). The summed E-state index contributed by atoms with van der Waals surface area (Å²) in [4.78, 5) is 18.6. The van der Waals surface area contributed by atoms with Crippen molar-refractivity contribution < 1.29 is 4.79 Å². The van der Waals surface area contributed by atoms with Crippen molar-refractivity contribution in [1.82, 2.24) is 4.98 Å². The van der Waals surface area contributed by atoms with Crippen LogP contribution in [0.5, 0.6) is 0 Å². The fraction of sp³-hybridized carbons (Fsp3) is 0.0417. The molecule has 0 spiro atoms. The van der Waals surface area contributed by atoms with Crippen molar-refractivity contribution in [2.75, 3.05) is 0 Å². The van der Waals surface area contributed by atoms with E-state index in [-0.39, 0.29) is 5.78 Å². The topological polar surface area (TPSA) is 32.9 Å². The highest BCUT2D eigenvalue weighted by Gasteiger charge is 2.43. The number of aromatic amines is 1. The minimum Gasteiger partial charge on any atom is -0.358 e. The zero-order chi connectivity index (χ0) is 20.7. The molecule has 0 fully saturated rings.